The molecule has 3 rings (SSSR count). The molecule has 1 aromatic carbocycles. The summed E-state index contributed by atoms with van der Waals surface area (Å²) >= 11 is 7.18. The molecule has 0 unspecified atom stereocenters. The molecule has 9 heteroatoms. The number of aryl methyl sites for hydroxylation is 1. The molecule has 0 fully saturated rings. The maximum absolute atomic E-state index is 12.8. The minimum Gasteiger partial charge on any atom is -0.486 e. The second kappa shape index (κ2) is 9.98. The van der Waals surface area contributed by atoms with Crippen molar-refractivity contribution in [2.45, 2.75) is 39.1 Å². The Balaban J connectivity index is 1.71. The summed E-state index contributed by atoms with van der Waals surface area (Å²) in [6.45, 7) is 9.56. The highest BCUT2D eigenvalue weighted by Crippen LogP contribution is 2.24. The first-order valence-electron chi connectivity index (χ1n) is 9.59. The van der Waals surface area contributed by atoms with Crippen LogP contribution in [-0.4, -0.2) is 37.1 Å². The number of halogens is 1. The SMILES string of the molecule is C=CCn1c(COc2ccc(Cl)cc2)nnc1SCC(=O)c1[nH]c(C)c(C(C)=O)c1C. The van der Waals surface area contributed by atoms with Gasteiger partial charge in [0.1, 0.15) is 12.4 Å². The third-order valence-corrected chi connectivity index (χ3v) is 5.91. The normalized spacial score (nSPS) is 10.8. The molecule has 7 nitrogen and oxygen atoms in total. The quantitative estimate of drug-likeness (QED) is 0.266. The Labute approximate surface area is 189 Å². The lowest BCUT2D eigenvalue weighted by atomic mass is 10.1. The van der Waals surface area contributed by atoms with Crippen LogP contribution < -0.4 is 4.74 Å². The van der Waals surface area contributed by atoms with Crippen molar-refractivity contribution in [3.63, 3.8) is 0 Å². The fraction of sp³-hybridized carbons (Fsp3) is 0.273. The van der Waals surface area contributed by atoms with Crippen molar-refractivity contribution in [3.8, 4) is 5.75 Å². The van der Waals surface area contributed by atoms with E-state index in [4.69, 9.17) is 16.3 Å². The van der Waals surface area contributed by atoms with Crippen LogP contribution in [0.1, 0.15) is 44.9 Å². The fourth-order valence-corrected chi connectivity index (χ4v) is 4.25. The van der Waals surface area contributed by atoms with Crippen LogP contribution >= 0.6 is 23.4 Å². The molecule has 0 aliphatic carbocycles. The van der Waals surface area contributed by atoms with Gasteiger partial charge in [-0.3, -0.25) is 14.2 Å². The molecule has 2 heterocycles. The molecular weight excluding hydrogens is 436 g/mol. The van der Waals surface area contributed by atoms with Gasteiger partial charge in [0.2, 0.25) is 0 Å². The summed E-state index contributed by atoms with van der Waals surface area (Å²) in [4.78, 5) is 27.6. The van der Waals surface area contributed by atoms with Crippen molar-refractivity contribution in [1.29, 1.82) is 0 Å². The number of hydrogen-bond donors (Lipinski definition) is 1. The molecule has 31 heavy (non-hydrogen) atoms. The van der Waals surface area contributed by atoms with Gasteiger partial charge in [-0.2, -0.15) is 0 Å². The number of nitrogens with zero attached hydrogens (tertiary/aromatic N) is 3. The summed E-state index contributed by atoms with van der Waals surface area (Å²) in [5, 5.41) is 9.64. The van der Waals surface area contributed by atoms with E-state index in [0.717, 1.165) is 0 Å². The summed E-state index contributed by atoms with van der Waals surface area (Å²) < 4.78 is 7.62. The van der Waals surface area contributed by atoms with E-state index in [1.807, 2.05) is 4.57 Å². The second-order valence-corrected chi connectivity index (χ2v) is 8.31. The first-order chi connectivity index (χ1) is 14.8. The maximum Gasteiger partial charge on any atom is 0.192 e. The van der Waals surface area contributed by atoms with Crippen LogP contribution in [0.5, 0.6) is 5.75 Å². The number of carbonyl (C=O) groups is 2. The molecule has 0 aliphatic rings. The molecule has 0 aliphatic heterocycles. The summed E-state index contributed by atoms with van der Waals surface area (Å²) in [5.41, 5.74) is 2.41. The van der Waals surface area contributed by atoms with E-state index in [1.165, 1.54) is 18.7 Å². The maximum atomic E-state index is 12.8. The van der Waals surface area contributed by atoms with Crippen LogP contribution in [0.25, 0.3) is 0 Å². The molecule has 2 aromatic heterocycles. The highest BCUT2D eigenvalue weighted by atomic mass is 35.5. The number of aromatic nitrogens is 4. The summed E-state index contributed by atoms with van der Waals surface area (Å²) in [7, 11) is 0. The van der Waals surface area contributed by atoms with Crippen LogP contribution in [0.15, 0.2) is 42.1 Å². The number of thioether (sulfide) groups is 1. The van der Waals surface area contributed by atoms with Crippen molar-refractivity contribution in [3.05, 3.63) is 70.3 Å². The largest absolute Gasteiger partial charge is 0.486 e. The Morgan fingerprint density at radius 3 is 2.58 bits per heavy atom. The Morgan fingerprint density at radius 1 is 1.26 bits per heavy atom. The molecule has 0 bridgehead atoms. The van der Waals surface area contributed by atoms with Gasteiger partial charge < -0.3 is 9.72 Å². The first-order valence-corrected chi connectivity index (χ1v) is 11.0. The Kier molecular flexibility index (Phi) is 7.35. The van der Waals surface area contributed by atoms with E-state index >= 15 is 0 Å². The van der Waals surface area contributed by atoms with Gasteiger partial charge in [0.05, 0.1) is 11.4 Å². The van der Waals surface area contributed by atoms with Crippen LogP contribution in [0, 0.1) is 13.8 Å². The van der Waals surface area contributed by atoms with Gasteiger partial charge in [0.25, 0.3) is 0 Å². The van der Waals surface area contributed by atoms with E-state index in [0.29, 0.717) is 50.8 Å². The molecule has 3 aromatic rings. The minimum atomic E-state index is -0.106. The number of aromatic amines is 1. The highest BCUT2D eigenvalue weighted by Gasteiger charge is 2.21. The Morgan fingerprint density at radius 2 is 1.97 bits per heavy atom. The monoisotopic (exact) mass is 458 g/mol. The molecule has 0 spiro atoms. The van der Waals surface area contributed by atoms with Gasteiger partial charge in [-0.05, 0) is 50.6 Å². The van der Waals surface area contributed by atoms with E-state index in [1.54, 1.807) is 44.2 Å². The molecule has 0 saturated carbocycles. The van der Waals surface area contributed by atoms with Crippen molar-refractivity contribution in [2.24, 2.45) is 0 Å². The number of H-pyrrole nitrogens is 1. The van der Waals surface area contributed by atoms with Crippen LogP contribution in [-0.2, 0) is 13.2 Å². The zero-order chi connectivity index (χ0) is 22.5. The topological polar surface area (TPSA) is 89.9 Å². The molecule has 162 valence electrons. The van der Waals surface area contributed by atoms with E-state index in [9.17, 15) is 9.59 Å². The van der Waals surface area contributed by atoms with Crippen molar-refractivity contribution in [1.82, 2.24) is 19.7 Å². The van der Waals surface area contributed by atoms with Gasteiger partial charge in [-0.25, -0.2) is 0 Å². The predicted octanol–water partition coefficient (Wildman–Crippen LogP) is 4.82. The van der Waals surface area contributed by atoms with Gasteiger partial charge >= 0.3 is 0 Å². The van der Waals surface area contributed by atoms with Crippen molar-refractivity contribution < 1.29 is 14.3 Å². The molecule has 0 amide bonds. The molecular formula is C22H23ClN4O3S. The predicted molar refractivity (Wildman–Crippen MR) is 121 cm³/mol. The minimum absolute atomic E-state index is 0.0611. The smallest absolute Gasteiger partial charge is 0.192 e. The number of ether oxygens (including phenoxy) is 1. The van der Waals surface area contributed by atoms with Crippen LogP contribution in [0.4, 0.5) is 0 Å². The van der Waals surface area contributed by atoms with Gasteiger partial charge in [0, 0.05) is 22.8 Å². The summed E-state index contributed by atoms with van der Waals surface area (Å²) in [5.74, 6) is 1.28. The lowest BCUT2D eigenvalue weighted by molar-refractivity contribution is 0.101. The van der Waals surface area contributed by atoms with Gasteiger partial charge in [-0.15, -0.1) is 16.8 Å². The zero-order valence-corrected chi connectivity index (χ0v) is 19.1. The van der Waals surface area contributed by atoms with E-state index in [2.05, 4.69) is 21.8 Å². The lowest BCUT2D eigenvalue weighted by Gasteiger charge is -2.09. The molecule has 1 N–H and O–H groups in total. The average molecular weight is 459 g/mol. The van der Waals surface area contributed by atoms with Crippen molar-refractivity contribution in [2.75, 3.05) is 5.75 Å². The molecule has 0 atom stereocenters. The zero-order valence-electron chi connectivity index (χ0n) is 17.6. The Hall–Kier alpha value is -2.84. The number of ketones is 2. The number of hydrogen-bond acceptors (Lipinski definition) is 6. The van der Waals surface area contributed by atoms with Crippen LogP contribution in [0.3, 0.4) is 0 Å². The van der Waals surface area contributed by atoms with Crippen LogP contribution in [0.2, 0.25) is 5.02 Å². The number of allylic oxidation sites excluding steroid dienone is 1. The van der Waals surface area contributed by atoms with Gasteiger partial charge in [-0.1, -0.05) is 29.4 Å². The molecule has 0 radical (unpaired) electrons. The summed E-state index contributed by atoms with van der Waals surface area (Å²) in [6, 6.07) is 7.06. The van der Waals surface area contributed by atoms with Gasteiger partial charge in [0.15, 0.2) is 22.5 Å². The highest BCUT2D eigenvalue weighted by molar-refractivity contribution is 7.99. The third kappa shape index (κ3) is 5.26. The summed E-state index contributed by atoms with van der Waals surface area (Å²) in [6.07, 6.45) is 1.73. The first kappa shape index (κ1) is 22.8. The average Bonchev–Trinajstić information content (AvgIpc) is 3.25. The van der Waals surface area contributed by atoms with Crippen molar-refractivity contribution >= 4 is 34.9 Å². The lowest BCUT2D eigenvalue weighted by Crippen LogP contribution is -2.09. The van der Waals surface area contributed by atoms with E-state index < -0.39 is 0 Å². The number of Topliss-reactive ketones (excluding diaryl/α,β-unsaturated/α-hetero) is 2. The standard InChI is InChI=1S/C22H23ClN4O3S/c1-5-10-27-19(11-30-17-8-6-16(23)7-9-17)25-26-22(27)31-12-18(29)21-13(2)20(15(4)28)14(3)24-21/h5-9,24H,1,10-12H2,2-4H3. The molecule has 0 saturated heterocycles. The second-order valence-electron chi connectivity index (χ2n) is 6.93. The number of benzene rings is 1. The number of carbonyl (C=O) groups excluding carboxylic acids is 2. The fourth-order valence-electron chi connectivity index (χ4n) is 3.28. The third-order valence-electron chi connectivity index (χ3n) is 4.69. The number of rotatable bonds is 10. The number of nitrogens with one attached hydrogen (secondary N) is 1. The Bertz CT molecular complexity index is 1120. The van der Waals surface area contributed by atoms with E-state index in [-0.39, 0.29) is 23.9 Å².